The predicted octanol–water partition coefficient (Wildman–Crippen LogP) is 3.50. The fourth-order valence-electron chi connectivity index (χ4n) is 1.86. The number of hydrogen-bond donors (Lipinski definition) is 3. The predicted molar refractivity (Wildman–Crippen MR) is 79.6 cm³/mol. The van der Waals surface area contributed by atoms with Crippen molar-refractivity contribution in [3.05, 3.63) is 28.0 Å². The molecule has 0 aromatic heterocycles. The van der Waals surface area contributed by atoms with Crippen LogP contribution in [0.5, 0.6) is 0 Å². The number of carbonyl (C=O) groups is 1. The Morgan fingerprint density at radius 1 is 1.45 bits per heavy atom. The lowest BCUT2D eigenvalue weighted by atomic mass is 9.84. The number of nitrogens with one attached hydrogen (secondary N) is 1. The minimum atomic E-state index is -1.19. The highest BCUT2D eigenvalue weighted by Crippen LogP contribution is 2.31. The van der Waals surface area contributed by atoms with Crippen LogP contribution >= 0.6 is 15.9 Å². The van der Waals surface area contributed by atoms with Crippen LogP contribution in [-0.4, -0.2) is 28.8 Å². The van der Waals surface area contributed by atoms with Gasteiger partial charge in [-0.15, -0.1) is 0 Å². The number of carboxylic acids is 1. The summed E-state index contributed by atoms with van der Waals surface area (Å²) in [6.45, 7) is 5.95. The first-order valence-corrected chi connectivity index (χ1v) is 7.06. The summed E-state index contributed by atoms with van der Waals surface area (Å²) in [5.41, 5.74) is -0.0783. The van der Waals surface area contributed by atoms with Crippen molar-refractivity contribution in [1.82, 2.24) is 0 Å². The van der Waals surface area contributed by atoms with E-state index in [0.717, 1.165) is 0 Å². The number of anilines is 1. The van der Waals surface area contributed by atoms with Crippen molar-refractivity contribution in [2.24, 2.45) is 5.41 Å². The average molecular weight is 348 g/mol. The lowest BCUT2D eigenvalue weighted by Gasteiger charge is -2.32. The molecule has 0 aliphatic carbocycles. The summed E-state index contributed by atoms with van der Waals surface area (Å²) in [4.78, 5) is 10.9. The maximum absolute atomic E-state index is 14.2. The summed E-state index contributed by atoms with van der Waals surface area (Å²) in [7, 11) is 0. The molecule has 1 unspecified atom stereocenters. The molecule has 6 heteroatoms. The molecule has 1 atom stereocenters. The van der Waals surface area contributed by atoms with Gasteiger partial charge in [-0.25, -0.2) is 9.18 Å². The number of aromatic carboxylic acids is 1. The second kappa shape index (κ2) is 6.54. The summed E-state index contributed by atoms with van der Waals surface area (Å²) in [6, 6.07) is 2.61. The average Bonchev–Trinajstić information content (AvgIpc) is 2.32. The summed E-state index contributed by atoms with van der Waals surface area (Å²) < 4.78 is 14.1. The number of aliphatic hydroxyl groups is 1. The van der Waals surface area contributed by atoms with Crippen LogP contribution < -0.4 is 5.32 Å². The second-order valence-corrected chi connectivity index (χ2v) is 6.46. The molecule has 1 aromatic rings. The molecule has 0 bridgehead atoms. The standard InChI is InChI=1S/C14H19BrFNO3/c1-14(2,3)10(6-7-18)17-9-5-4-8(13(19)20)11(15)12(9)16/h4-5,10,17-18H,6-7H2,1-3H3,(H,19,20). The molecule has 1 rings (SSSR count). The van der Waals surface area contributed by atoms with E-state index in [2.05, 4.69) is 21.2 Å². The molecule has 0 spiro atoms. The summed E-state index contributed by atoms with van der Waals surface area (Å²) in [5.74, 6) is -1.83. The number of aliphatic hydroxyl groups excluding tert-OH is 1. The van der Waals surface area contributed by atoms with Gasteiger partial charge in [-0.3, -0.25) is 0 Å². The van der Waals surface area contributed by atoms with E-state index in [1.165, 1.54) is 12.1 Å². The van der Waals surface area contributed by atoms with Gasteiger partial charge >= 0.3 is 5.97 Å². The van der Waals surface area contributed by atoms with E-state index in [1.807, 2.05) is 20.8 Å². The van der Waals surface area contributed by atoms with Crippen LogP contribution in [0.4, 0.5) is 10.1 Å². The largest absolute Gasteiger partial charge is 0.478 e. The van der Waals surface area contributed by atoms with E-state index >= 15 is 0 Å². The molecule has 20 heavy (non-hydrogen) atoms. The molecule has 1 aromatic carbocycles. The summed E-state index contributed by atoms with van der Waals surface area (Å²) in [5, 5.41) is 21.1. The smallest absolute Gasteiger partial charge is 0.336 e. The van der Waals surface area contributed by atoms with Crippen molar-refractivity contribution in [2.45, 2.75) is 33.2 Å². The highest BCUT2D eigenvalue weighted by Gasteiger charge is 2.26. The molecule has 0 heterocycles. The lowest BCUT2D eigenvalue weighted by molar-refractivity contribution is 0.0695. The van der Waals surface area contributed by atoms with E-state index in [4.69, 9.17) is 10.2 Å². The van der Waals surface area contributed by atoms with Crippen LogP contribution in [0.1, 0.15) is 37.6 Å². The van der Waals surface area contributed by atoms with Crippen molar-refractivity contribution in [2.75, 3.05) is 11.9 Å². The minimum absolute atomic E-state index is 0.00899. The molecular weight excluding hydrogens is 329 g/mol. The molecule has 3 N–H and O–H groups in total. The summed E-state index contributed by atoms with van der Waals surface area (Å²) >= 11 is 2.97. The van der Waals surface area contributed by atoms with Crippen LogP contribution in [-0.2, 0) is 0 Å². The van der Waals surface area contributed by atoms with Gasteiger partial charge in [0.1, 0.15) is 0 Å². The molecule has 0 aliphatic heterocycles. The third kappa shape index (κ3) is 3.93. The van der Waals surface area contributed by atoms with Crippen LogP contribution in [0.25, 0.3) is 0 Å². The van der Waals surface area contributed by atoms with Gasteiger partial charge in [-0.05, 0) is 39.9 Å². The van der Waals surface area contributed by atoms with Gasteiger partial charge in [0.05, 0.1) is 15.7 Å². The van der Waals surface area contributed by atoms with Crippen LogP contribution in [0, 0.1) is 11.2 Å². The first-order valence-electron chi connectivity index (χ1n) is 6.27. The van der Waals surface area contributed by atoms with Gasteiger partial charge in [-0.1, -0.05) is 20.8 Å². The number of rotatable bonds is 5. The van der Waals surface area contributed by atoms with Gasteiger partial charge in [0.25, 0.3) is 0 Å². The fourth-order valence-corrected chi connectivity index (χ4v) is 2.38. The van der Waals surface area contributed by atoms with Gasteiger partial charge in [0.15, 0.2) is 5.82 Å². The van der Waals surface area contributed by atoms with Crippen molar-refractivity contribution in [1.29, 1.82) is 0 Å². The fraction of sp³-hybridized carbons (Fsp3) is 0.500. The number of hydrogen-bond acceptors (Lipinski definition) is 3. The molecule has 4 nitrogen and oxygen atoms in total. The molecule has 0 saturated carbocycles. The molecular formula is C14H19BrFNO3. The van der Waals surface area contributed by atoms with Crippen molar-refractivity contribution in [3.63, 3.8) is 0 Å². The van der Waals surface area contributed by atoms with Crippen LogP contribution in [0.15, 0.2) is 16.6 Å². The van der Waals surface area contributed by atoms with Gasteiger partial charge < -0.3 is 15.5 Å². The zero-order valence-corrected chi connectivity index (χ0v) is 13.3. The Labute approximate surface area is 126 Å². The topological polar surface area (TPSA) is 69.6 Å². The van der Waals surface area contributed by atoms with Crippen molar-refractivity contribution in [3.8, 4) is 0 Å². The lowest BCUT2D eigenvalue weighted by Crippen LogP contribution is -2.35. The van der Waals surface area contributed by atoms with Crippen LogP contribution in [0.3, 0.4) is 0 Å². The SMILES string of the molecule is CC(C)(C)C(CCO)Nc1ccc(C(=O)O)c(Br)c1F. The Morgan fingerprint density at radius 2 is 2.05 bits per heavy atom. The zero-order valence-electron chi connectivity index (χ0n) is 11.7. The van der Waals surface area contributed by atoms with Crippen LogP contribution in [0.2, 0.25) is 0 Å². The Bertz CT molecular complexity index is 500. The van der Waals surface area contributed by atoms with E-state index in [1.54, 1.807) is 0 Å². The minimum Gasteiger partial charge on any atom is -0.478 e. The number of carboxylic acid groups (broad SMARTS) is 1. The Kier molecular flexibility index (Phi) is 5.53. The van der Waals surface area contributed by atoms with Crippen molar-refractivity contribution < 1.29 is 19.4 Å². The van der Waals surface area contributed by atoms with E-state index < -0.39 is 11.8 Å². The molecule has 0 amide bonds. The molecule has 0 saturated heterocycles. The second-order valence-electron chi connectivity index (χ2n) is 5.67. The molecule has 0 radical (unpaired) electrons. The van der Waals surface area contributed by atoms with E-state index in [-0.39, 0.29) is 33.8 Å². The van der Waals surface area contributed by atoms with Gasteiger partial charge in [-0.2, -0.15) is 0 Å². The normalized spacial score (nSPS) is 13.1. The Balaban J connectivity index is 3.09. The third-order valence-corrected chi connectivity index (χ3v) is 3.88. The third-order valence-electron chi connectivity index (χ3n) is 3.11. The first kappa shape index (κ1) is 16.9. The highest BCUT2D eigenvalue weighted by molar-refractivity contribution is 9.10. The van der Waals surface area contributed by atoms with Gasteiger partial charge in [0, 0.05) is 12.6 Å². The Morgan fingerprint density at radius 3 is 2.50 bits per heavy atom. The van der Waals surface area contributed by atoms with Gasteiger partial charge in [0.2, 0.25) is 0 Å². The maximum Gasteiger partial charge on any atom is 0.336 e. The monoisotopic (exact) mass is 347 g/mol. The van der Waals surface area contributed by atoms with Crippen molar-refractivity contribution >= 4 is 27.6 Å². The number of halogens is 2. The summed E-state index contributed by atoms with van der Waals surface area (Å²) in [6.07, 6.45) is 0.473. The highest BCUT2D eigenvalue weighted by atomic mass is 79.9. The molecule has 112 valence electrons. The molecule has 0 fully saturated rings. The maximum atomic E-state index is 14.2. The zero-order chi connectivity index (χ0) is 15.5. The number of benzene rings is 1. The van der Waals surface area contributed by atoms with E-state index in [0.29, 0.717) is 6.42 Å². The quantitative estimate of drug-likeness (QED) is 0.762. The molecule has 0 aliphatic rings. The van der Waals surface area contributed by atoms with E-state index in [9.17, 15) is 9.18 Å². The Hall–Kier alpha value is -1.14. The first-order chi connectivity index (χ1) is 9.18.